The minimum absolute atomic E-state index is 0.124. The van der Waals surface area contributed by atoms with Gasteiger partial charge in [-0.2, -0.15) is 0 Å². The Hall–Kier alpha value is -1.69. The van der Waals surface area contributed by atoms with E-state index in [1.165, 1.54) is 0 Å². The lowest BCUT2D eigenvalue weighted by Crippen LogP contribution is -1.82. The van der Waals surface area contributed by atoms with Crippen molar-refractivity contribution in [2.75, 3.05) is 6.61 Å². The average Bonchev–Trinajstić information content (AvgIpc) is 2.67. The summed E-state index contributed by atoms with van der Waals surface area (Å²) in [4.78, 5) is 47.1. The fraction of sp³-hybridized carbons (Fsp3) is 0.750. The third kappa shape index (κ3) is 117. The van der Waals surface area contributed by atoms with Crippen molar-refractivity contribution in [1.29, 1.82) is 0 Å². The van der Waals surface area contributed by atoms with Gasteiger partial charge in [-0.15, -0.1) is 0 Å². The van der Waals surface area contributed by atoms with Gasteiger partial charge in [0, 0.05) is 38.2 Å². The molecular weight excluding hydrogens is 336 g/mol. The molecule has 0 aliphatic rings. The Balaban J connectivity index is -0.0000000712. The molecule has 0 bridgehead atoms. The van der Waals surface area contributed by atoms with E-state index in [-0.39, 0.29) is 12.5 Å². The van der Waals surface area contributed by atoms with Crippen LogP contribution in [-0.4, -0.2) is 43.1 Å². The zero-order chi connectivity index (χ0) is 21.5. The average molecular weight is 377 g/mol. The Bertz CT molecular complexity index is 253. The molecule has 0 unspecified atom stereocenters. The second-order valence-corrected chi connectivity index (χ2v) is 5.25. The van der Waals surface area contributed by atoms with Crippen molar-refractivity contribution in [3.63, 3.8) is 0 Å². The number of hydrogen-bond donors (Lipinski definition) is 1. The molecule has 0 atom stereocenters. The van der Waals surface area contributed by atoms with Crippen LogP contribution in [0, 0.1) is 5.92 Å². The summed E-state index contributed by atoms with van der Waals surface area (Å²) in [7, 11) is 0. The number of carbonyl (C=O) groups excluding carboxylic acids is 5. The van der Waals surface area contributed by atoms with Gasteiger partial charge in [-0.25, -0.2) is 0 Å². The van der Waals surface area contributed by atoms with Crippen molar-refractivity contribution in [1.82, 2.24) is 0 Å². The molecule has 1 N–H and O–H groups in total. The van der Waals surface area contributed by atoms with Gasteiger partial charge in [-0.3, -0.25) is 0 Å². The highest BCUT2D eigenvalue weighted by Gasteiger charge is 1.79. The Kier molecular flexibility index (Phi) is 67.4. The van der Waals surface area contributed by atoms with E-state index in [2.05, 4.69) is 6.92 Å². The van der Waals surface area contributed by atoms with Gasteiger partial charge >= 0.3 is 0 Å². The molecule has 0 aromatic heterocycles. The topological polar surface area (TPSA) is 106 Å². The lowest BCUT2D eigenvalue weighted by Gasteiger charge is -1.79. The van der Waals surface area contributed by atoms with E-state index in [1.807, 2.05) is 27.7 Å². The Labute approximate surface area is 159 Å². The first-order valence-corrected chi connectivity index (χ1v) is 9.24. The van der Waals surface area contributed by atoms with E-state index in [1.54, 1.807) is 0 Å². The molecule has 0 saturated carbocycles. The lowest BCUT2D eigenvalue weighted by molar-refractivity contribution is -0.110. The molecule has 6 heteroatoms. The van der Waals surface area contributed by atoms with Crippen LogP contribution in [0.5, 0.6) is 0 Å². The standard InChI is InChI=1S/C5H10O.C4H8O2.2C4H8O.C3H6O/c1-2-3-4-5-6;5-3-1-2-4-6;1-4(2)3-5;1-2-3-4-5;1-2-3-4/h5H,2-4H2,1H3;3,6H,1-2,4H2;3-4H,1-2H3;4H,2-3H2,1H3;3H,2H2,1H3. The molecule has 0 spiro atoms. The van der Waals surface area contributed by atoms with Crippen LogP contribution in [0.4, 0.5) is 0 Å². The number of aliphatic hydroxyl groups excluding tert-OH is 1. The SMILES string of the molecule is CC(C)C=O.CCC=O.CCCC=O.CCCCC=O.O=CCCCO. The molecule has 0 aromatic carbocycles. The number of carbonyl (C=O) groups is 5. The van der Waals surface area contributed by atoms with Crippen molar-refractivity contribution in [3.05, 3.63) is 0 Å². The fourth-order valence-electron chi connectivity index (χ4n) is 0.580. The first kappa shape index (κ1) is 35.4. The van der Waals surface area contributed by atoms with Crippen molar-refractivity contribution in [2.45, 2.75) is 86.0 Å². The monoisotopic (exact) mass is 376 g/mol. The predicted octanol–water partition coefficient (Wildman–Crippen LogP) is 3.76. The van der Waals surface area contributed by atoms with Crippen LogP contribution in [-0.2, 0) is 24.0 Å². The number of aldehydes is 5. The quantitative estimate of drug-likeness (QED) is 0.460. The maximum Gasteiger partial charge on any atom is 0.122 e. The molecule has 0 rings (SSSR count). The number of hydrogen-bond acceptors (Lipinski definition) is 6. The van der Waals surface area contributed by atoms with Crippen LogP contribution in [0.15, 0.2) is 0 Å². The van der Waals surface area contributed by atoms with Crippen molar-refractivity contribution in [2.24, 2.45) is 5.92 Å². The Morgan fingerprint density at radius 2 is 1.08 bits per heavy atom. The van der Waals surface area contributed by atoms with E-state index in [0.717, 1.165) is 57.1 Å². The molecule has 0 aromatic rings. The van der Waals surface area contributed by atoms with Crippen LogP contribution in [0.1, 0.15) is 86.0 Å². The van der Waals surface area contributed by atoms with Crippen LogP contribution in [0.3, 0.4) is 0 Å². The zero-order valence-electron chi connectivity index (χ0n) is 17.3. The third-order valence-electron chi connectivity index (χ3n) is 2.00. The minimum Gasteiger partial charge on any atom is -0.396 e. The summed E-state index contributed by atoms with van der Waals surface area (Å²) in [5, 5.41) is 8.04. The number of unbranched alkanes of at least 4 members (excludes halogenated alkanes) is 4. The van der Waals surface area contributed by atoms with Gasteiger partial charge in [-0.05, 0) is 19.3 Å². The van der Waals surface area contributed by atoms with Gasteiger partial charge in [0.15, 0.2) is 0 Å². The van der Waals surface area contributed by atoms with Gasteiger partial charge < -0.3 is 29.1 Å². The molecule has 0 amide bonds. The molecule has 0 fully saturated rings. The van der Waals surface area contributed by atoms with Gasteiger partial charge in [0.2, 0.25) is 0 Å². The highest BCUT2D eigenvalue weighted by Crippen LogP contribution is 1.87. The lowest BCUT2D eigenvalue weighted by atomic mass is 10.3. The summed E-state index contributed by atoms with van der Waals surface area (Å²) in [6, 6.07) is 0. The maximum atomic E-state index is 9.56. The van der Waals surface area contributed by atoms with Crippen LogP contribution >= 0.6 is 0 Å². The summed E-state index contributed by atoms with van der Waals surface area (Å²) in [6.07, 6.45) is 10.8. The molecule has 0 aliphatic heterocycles. The Morgan fingerprint density at radius 1 is 0.692 bits per heavy atom. The normalized spacial score (nSPS) is 7.81. The van der Waals surface area contributed by atoms with Gasteiger partial charge in [0.05, 0.1) is 0 Å². The molecule has 0 heterocycles. The molecule has 6 nitrogen and oxygen atoms in total. The largest absolute Gasteiger partial charge is 0.396 e. The van der Waals surface area contributed by atoms with Crippen molar-refractivity contribution < 1.29 is 29.1 Å². The summed E-state index contributed by atoms with van der Waals surface area (Å²) in [6.45, 7) is 9.70. The fourth-order valence-corrected chi connectivity index (χ4v) is 0.580. The summed E-state index contributed by atoms with van der Waals surface area (Å²) in [5.74, 6) is 0.204. The van der Waals surface area contributed by atoms with E-state index >= 15 is 0 Å². The maximum absolute atomic E-state index is 9.56. The third-order valence-corrected chi connectivity index (χ3v) is 2.00. The molecule has 0 radical (unpaired) electrons. The van der Waals surface area contributed by atoms with E-state index in [4.69, 9.17) is 5.11 Å². The number of rotatable bonds is 10. The highest BCUT2D eigenvalue weighted by molar-refractivity contribution is 5.51. The van der Waals surface area contributed by atoms with Crippen LogP contribution in [0.2, 0.25) is 0 Å². The first-order chi connectivity index (χ1) is 12.4. The van der Waals surface area contributed by atoms with Gasteiger partial charge in [0.1, 0.15) is 31.4 Å². The highest BCUT2D eigenvalue weighted by atomic mass is 16.3. The Morgan fingerprint density at radius 3 is 1.15 bits per heavy atom. The second-order valence-electron chi connectivity index (χ2n) is 5.25. The smallest absolute Gasteiger partial charge is 0.122 e. The van der Waals surface area contributed by atoms with Crippen LogP contribution in [0.25, 0.3) is 0 Å². The van der Waals surface area contributed by atoms with Crippen LogP contribution < -0.4 is 0 Å². The second kappa shape index (κ2) is 49.5. The minimum atomic E-state index is 0.124. The zero-order valence-corrected chi connectivity index (χ0v) is 17.3. The van der Waals surface area contributed by atoms with Gasteiger partial charge in [-0.1, -0.05) is 41.0 Å². The van der Waals surface area contributed by atoms with E-state index < -0.39 is 0 Å². The summed E-state index contributed by atoms with van der Waals surface area (Å²) in [5.41, 5.74) is 0. The molecule has 26 heavy (non-hydrogen) atoms. The van der Waals surface area contributed by atoms with Crippen molar-refractivity contribution >= 4 is 31.4 Å². The summed E-state index contributed by atoms with van der Waals surface area (Å²) < 4.78 is 0. The first-order valence-electron chi connectivity index (χ1n) is 9.24. The van der Waals surface area contributed by atoms with Gasteiger partial charge in [0.25, 0.3) is 0 Å². The van der Waals surface area contributed by atoms with E-state index in [9.17, 15) is 24.0 Å². The molecule has 0 aliphatic carbocycles. The van der Waals surface area contributed by atoms with E-state index in [0.29, 0.717) is 25.7 Å². The predicted molar refractivity (Wildman–Crippen MR) is 106 cm³/mol. The summed E-state index contributed by atoms with van der Waals surface area (Å²) >= 11 is 0. The molecule has 0 saturated heterocycles. The molecule has 156 valence electrons. The molecular formula is C20H40O6. The number of aliphatic hydroxyl groups is 1. The van der Waals surface area contributed by atoms with Crippen molar-refractivity contribution in [3.8, 4) is 0 Å².